The zero-order chi connectivity index (χ0) is 17.3. The van der Waals surface area contributed by atoms with Crippen LogP contribution in [-0.2, 0) is 9.53 Å². The lowest BCUT2D eigenvalue weighted by molar-refractivity contribution is -0.125. The van der Waals surface area contributed by atoms with E-state index in [-0.39, 0.29) is 35.3 Å². The fraction of sp³-hybridized carbons (Fsp3) is 0.632. The van der Waals surface area contributed by atoms with E-state index in [2.05, 4.69) is 16.2 Å². The first-order chi connectivity index (χ1) is 12.2. The molecule has 3 aliphatic rings. The molecule has 3 fully saturated rings. The monoisotopic (exact) mass is 347 g/mol. The van der Waals surface area contributed by atoms with Crippen molar-refractivity contribution in [3.63, 3.8) is 0 Å². The highest BCUT2D eigenvalue weighted by molar-refractivity contribution is 5.80. The van der Waals surface area contributed by atoms with Crippen LogP contribution in [0.4, 0.5) is 4.39 Å². The molecular formula is C19H26FN3O2. The highest BCUT2D eigenvalue weighted by Gasteiger charge is 2.43. The number of ether oxygens (including phenoxy) is 1. The van der Waals surface area contributed by atoms with Gasteiger partial charge in [-0.25, -0.2) is 9.82 Å². The molecule has 1 aliphatic carbocycles. The van der Waals surface area contributed by atoms with Crippen molar-refractivity contribution in [3.8, 4) is 0 Å². The topological polar surface area (TPSA) is 62.4 Å². The van der Waals surface area contributed by atoms with E-state index in [0.29, 0.717) is 13.2 Å². The van der Waals surface area contributed by atoms with E-state index in [4.69, 9.17) is 4.74 Å². The minimum Gasteiger partial charge on any atom is -0.373 e. The second kappa shape index (κ2) is 7.02. The average molecular weight is 347 g/mol. The van der Waals surface area contributed by atoms with E-state index in [1.54, 1.807) is 6.07 Å². The van der Waals surface area contributed by atoms with Crippen molar-refractivity contribution in [3.05, 3.63) is 35.6 Å². The van der Waals surface area contributed by atoms with Crippen molar-refractivity contribution in [2.45, 2.75) is 56.2 Å². The molecular weight excluding hydrogens is 321 g/mol. The molecule has 3 atom stereocenters. The number of carbonyl (C=O) groups excluding carboxylic acids is 1. The van der Waals surface area contributed by atoms with Crippen LogP contribution >= 0.6 is 0 Å². The molecule has 2 saturated heterocycles. The predicted molar refractivity (Wildman–Crippen MR) is 92.1 cm³/mol. The van der Waals surface area contributed by atoms with E-state index in [9.17, 15) is 9.18 Å². The van der Waals surface area contributed by atoms with Crippen molar-refractivity contribution >= 4 is 5.91 Å². The first-order valence-electron chi connectivity index (χ1n) is 9.33. The van der Waals surface area contributed by atoms with Gasteiger partial charge < -0.3 is 10.1 Å². The van der Waals surface area contributed by atoms with E-state index in [1.807, 2.05) is 6.07 Å². The van der Waals surface area contributed by atoms with Gasteiger partial charge in [-0.15, -0.1) is 0 Å². The summed E-state index contributed by atoms with van der Waals surface area (Å²) in [6, 6.07) is 6.29. The molecule has 3 N–H and O–H groups in total. The van der Waals surface area contributed by atoms with E-state index in [0.717, 1.165) is 24.8 Å². The SMILES string of the molecule is O=C(NC1COC2(CCCCC2)C1)C1CNNC1c1cccc(F)c1. The van der Waals surface area contributed by atoms with Crippen molar-refractivity contribution in [1.29, 1.82) is 0 Å². The Morgan fingerprint density at radius 2 is 2.12 bits per heavy atom. The predicted octanol–water partition coefficient (Wildman–Crippen LogP) is 2.20. The molecule has 1 aromatic rings. The molecule has 2 heterocycles. The third-order valence-electron chi connectivity index (χ3n) is 5.85. The lowest BCUT2D eigenvalue weighted by Crippen LogP contribution is -2.42. The molecule has 6 heteroatoms. The maximum absolute atomic E-state index is 13.5. The number of hydrazine groups is 1. The standard InChI is InChI=1S/C19H26FN3O2/c20-14-6-4-5-13(9-14)17-16(11-21-23-17)18(24)22-15-10-19(25-12-15)7-2-1-3-8-19/h4-6,9,15-17,21,23H,1-3,7-8,10-12H2,(H,22,24). The first kappa shape index (κ1) is 16.9. The van der Waals surface area contributed by atoms with Gasteiger partial charge in [0, 0.05) is 6.54 Å². The molecule has 1 spiro atoms. The maximum Gasteiger partial charge on any atom is 0.226 e. The summed E-state index contributed by atoms with van der Waals surface area (Å²) < 4.78 is 19.6. The van der Waals surface area contributed by atoms with Crippen LogP contribution in [0.5, 0.6) is 0 Å². The number of carbonyl (C=O) groups is 1. The number of rotatable bonds is 3. The van der Waals surface area contributed by atoms with E-state index >= 15 is 0 Å². The van der Waals surface area contributed by atoms with Gasteiger partial charge in [-0.05, 0) is 37.0 Å². The summed E-state index contributed by atoms with van der Waals surface area (Å²) in [5, 5.41) is 3.17. The third-order valence-corrected chi connectivity index (χ3v) is 5.85. The van der Waals surface area contributed by atoms with Gasteiger partial charge in [0.15, 0.2) is 0 Å². The van der Waals surface area contributed by atoms with Crippen LogP contribution in [0.2, 0.25) is 0 Å². The zero-order valence-corrected chi connectivity index (χ0v) is 14.4. The fourth-order valence-electron chi connectivity index (χ4n) is 4.55. The first-order valence-corrected chi connectivity index (χ1v) is 9.33. The number of hydrogen-bond donors (Lipinski definition) is 3. The van der Waals surface area contributed by atoms with Gasteiger partial charge in [-0.1, -0.05) is 31.4 Å². The Kier molecular flexibility index (Phi) is 4.75. The minimum atomic E-state index is -0.284. The van der Waals surface area contributed by atoms with Crippen LogP contribution in [0, 0.1) is 11.7 Å². The van der Waals surface area contributed by atoms with Crippen LogP contribution in [-0.4, -0.2) is 30.7 Å². The number of nitrogens with one attached hydrogen (secondary N) is 3. The zero-order valence-electron chi connectivity index (χ0n) is 14.4. The number of amides is 1. The Bertz CT molecular complexity index is 633. The number of benzene rings is 1. The van der Waals surface area contributed by atoms with Crippen LogP contribution in [0.1, 0.15) is 50.1 Å². The second-order valence-corrected chi connectivity index (χ2v) is 7.63. The number of hydrogen-bond acceptors (Lipinski definition) is 4. The van der Waals surface area contributed by atoms with E-state index < -0.39 is 0 Å². The molecule has 0 aromatic heterocycles. The molecule has 3 unspecified atom stereocenters. The Morgan fingerprint density at radius 3 is 2.92 bits per heavy atom. The normalized spacial score (nSPS) is 31.3. The van der Waals surface area contributed by atoms with Gasteiger partial charge >= 0.3 is 0 Å². The molecule has 4 rings (SSSR count). The second-order valence-electron chi connectivity index (χ2n) is 7.63. The van der Waals surface area contributed by atoms with Gasteiger partial charge in [-0.3, -0.25) is 10.2 Å². The quantitative estimate of drug-likeness (QED) is 0.784. The summed E-state index contributed by atoms with van der Waals surface area (Å²) in [6.45, 7) is 1.13. The van der Waals surface area contributed by atoms with Crippen LogP contribution in [0.15, 0.2) is 24.3 Å². The summed E-state index contributed by atoms with van der Waals surface area (Å²) in [5.74, 6) is -0.535. The minimum absolute atomic E-state index is 0.00761. The van der Waals surface area contributed by atoms with Gasteiger partial charge in [0.2, 0.25) is 5.91 Å². The molecule has 1 aromatic carbocycles. The highest BCUT2D eigenvalue weighted by atomic mass is 19.1. The van der Waals surface area contributed by atoms with Crippen molar-refractivity contribution in [1.82, 2.24) is 16.2 Å². The Balaban J connectivity index is 1.39. The molecule has 1 amide bonds. The highest BCUT2D eigenvalue weighted by Crippen LogP contribution is 2.39. The van der Waals surface area contributed by atoms with Crippen LogP contribution in [0.3, 0.4) is 0 Å². The molecule has 2 aliphatic heterocycles. The smallest absolute Gasteiger partial charge is 0.226 e. The summed E-state index contributed by atoms with van der Waals surface area (Å²) >= 11 is 0. The van der Waals surface area contributed by atoms with Gasteiger partial charge in [0.25, 0.3) is 0 Å². The molecule has 0 radical (unpaired) electrons. The van der Waals surface area contributed by atoms with E-state index in [1.165, 1.54) is 31.4 Å². The van der Waals surface area contributed by atoms with Crippen LogP contribution < -0.4 is 16.2 Å². The van der Waals surface area contributed by atoms with Gasteiger partial charge in [0.1, 0.15) is 5.82 Å². The maximum atomic E-state index is 13.5. The summed E-state index contributed by atoms with van der Waals surface area (Å²) in [7, 11) is 0. The molecule has 0 bridgehead atoms. The Labute approximate surface area is 147 Å². The number of halogens is 1. The van der Waals surface area contributed by atoms with Crippen LogP contribution in [0.25, 0.3) is 0 Å². The average Bonchev–Trinajstić information content (AvgIpc) is 3.23. The van der Waals surface area contributed by atoms with Crippen molar-refractivity contribution in [2.24, 2.45) is 5.92 Å². The summed E-state index contributed by atoms with van der Waals surface area (Å²) in [4.78, 5) is 12.8. The van der Waals surface area contributed by atoms with Crippen molar-refractivity contribution < 1.29 is 13.9 Å². The lowest BCUT2D eigenvalue weighted by Gasteiger charge is -2.32. The Morgan fingerprint density at radius 1 is 1.28 bits per heavy atom. The van der Waals surface area contributed by atoms with Crippen molar-refractivity contribution in [2.75, 3.05) is 13.2 Å². The lowest BCUT2D eigenvalue weighted by atomic mass is 9.82. The van der Waals surface area contributed by atoms with Gasteiger partial charge in [-0.2, -0.15) is 0 Å². The third kappa shape index (κ3) is 3.57. The molecule has 25 heavy (non-hydrogen) atoms. The summed E-state index contributed by atoms with van der Waals surface area (Å²) in [6.07, 6.45) is 6.86. The largest absolute Gasteiger partial charge is 0.373 e. The molecule has 136 valence electrons. The molecule has 1 saturated carbocycles. The molecule has 5 nitrogen and oxygen atoms in total. The summed E-state index contributed by atoms with van der Waals surface area (Å²) in [5.41, 5.74) is 6.92. The fourth-order valence-corrected chi connectivity index (χ4v) is 4.55. The van der Waals surface area contributed by atoms with Gasteiger partial charge in [0.05, 0.1) is 30.2 Å². The Hall–Kier alpha value is -1.50.